The molecule has 14 atom stereocenters. The Hall–Kier alpha value is -10.9. The van der Waals surface area contributed by atoms with Crippen molar-refractivity contribution in [3.8, 4) is 5.75 Å². The molecule has 16 amide bonds. The number of phenolic OH excluding ortho intramolecular Hbond substituents is 1. The van der Waals surface area contributed by atoms with Gasteiger partial charge in [0.25, 0.3) is 0 Å². The van der Waals surface area contributed by atoms with E-state index in [1.54, 1.807) is 71.9 Å². The van der Waals surface area contributed by atoms with E-state index in [9.17, 15) is 107 Å². The average Bonchev–Trinajstić information content (AvgIpc) is 1.79. The van der Waals surface area contributed by atoms with Gasteiger partial charge in [0.05, 0.1) is 38.4 Å². The average molecular weight is 1590 g/mol. The SMILES string of the molecule is CC(C)C[C@H](NC(=O)[C@H](Cc1ccccc1)NC(=O)CNC(=O)[C@@H](NC(=O)[C@@H](NC(=O)[C@@H](NC(=O)[C@H](Cc1ccc(O)cc1)NC(=O)[C@H](CO)NC(=O)CNC(=O)[C@H](CCC(N)=O)NC(=O)[C@@H]1CCCN1C(=O)[C@H](CC(C)C)NC(=O)[C@H](CO)NC(=O)[C@@H](N)CCC(N)=O)C(C)C)[C@@H](C)O)C(C)C)C(=O)N[C@H](C(=O)O)C(C)C. The minimum atomic E-state index is -1.86. The number of amides is 16. The number of hydrogen-bond donors (Lipinski definition) is 21. The summed E-state index contributed by atoms with van der Waals surface area (Å²) in [5.41, 5.74) is 17.3. The van der Waals surface area contributed by atoms with E-state index in [1.165, 1.54) is 52.0 Å². The Bertz CT molecular complexity index is 3620. The highest BCUT2D eigenvalue weighted by Crippen LogP contribution is 2.22. The highest BCUT2D eigenvalue weighted by Gasteiger charge is 2.42. The number of primary amides is 2. The normalized spacial score (nSPS) is 16.1. The molecule has 0 radical (unpaired) electrons. The summed E-state index contributed by atoms with van der Waals surface area (Å²) in [6, 6.07) is -5.36. The second-order valence-corrected chi connectivity index (χ2v) is 29.7. The number of aliphatic hydroxyl groups excluding tert-OH is 3. The minimum Gasteiger partial charge on any atom is -0.508 e. The van der Waals surface area contributed by atoms with Crippen molar-refractivity contribution >= 4 is 100 Å². The molecule has 1 aliphatic rings. The molecular formula is C74H115N17O22. The smallest absolute Gasteiger partial charge is 0.326 e. The molecule has 0 aromatic heterocycles. The van der Waals surface area contributed by atoms with Crippen LogP contribution in [0.5, 0.6) is 5.75 Å². The van der Waals surface area contributed by atoms with Crippen LogP contribution in [0.2, 0.25) is 0 Å². The van der Waals surface area contributed by atoms with Gasteiger partial charge >= 0.3 is 5.97 Å². The summed E-state index contributed by atoms with van der Waals surface area (Å²) in [6.45, 7) is 13.8. The number of rotatable bonds is 48. The van der Waals surface area contributed by atoms with Crippen LogP contribution in [0.4, 0.5) is 0 Å². The number of nitrogens with zero attached hydrogens (tertiary/aromatic N) is 1. The van der Waals surface area contributed by atoms with Gasteiger partial charge in [0.2, 0.25) is 94.5 Å². The van der Waals surface area contributed by atoms with Crippen molar-refractivity contribution in [1.82, 2.24) is 74.0 Å². The van der Waals surface area contributed by atoms with Crippen LogP contribution >= 0.6 is 0 Å². The number of likely N-dealkylation sites (tertiary alicyclic amines) is 1. The highest BCUT2D eigenvalue weighted by atomic mass is 16.4. The molecule has 1 saturated heterocycles. The zero-order valence-electron chi connectivity index (χ0n) is 65.6. The van der Waals surface area contributed by atoms with Crippen molar-refractivity contribution in [2.75, 3.05) is 32.8 Å². The van der Waals surface area contributed by atoms with E-state index in [2.05, 4.69) is 69.1 Å². The van der Waals surface area contributed by atoms with Crippen molar-refractivity contribution in [1.29, 1.82) is 0 Å². The molecule has 0 spiro atoms. The summed E-state index contributed by atoms with van der Waals surface area (Å²) in [5, 5.41) is 83.0. The first-order valence-corrected chi connectivity index (χ1v) is 37.4. The molecule has 1 fully saturated rings. The summed E-state index contributed by atoms with van der Waals surface area (Å²) >= 11 is 0. The molecule has 628 valence electrons. The van der Waals surface area contributed by atoms with E-state index >= 15 is 0 Å². The maximum Gasteiger partial charge on any atom is 0.326 e. The van der Waals surface area contributed by atoms with E-state index in [0.717, 1.165) is 11.8 Å². The third-order valence-corrected chi connectivity index (χ3v) is 18.1. The summed E-state index contributed by atoms with van der Waals surface area (Å²) in [5.74, 6) is -18.9. The molecule has 113 heavy (non-hydrogen) atoms. The lowest BCUT2D eigenvalue weighted by molar-refractivity contribution is -0.143. The lowest BCUT2D eigenvalue weighted by atomic mass is 9.99. The Labute approximate surface area is 655 Å². The fraction of sp³-hybridized carbons (Fsp3) is 0.608. The molecule has 3 rings (SSSR count). The zero-order chi connectivity index (χ0) is 85.3. The van der Waals surface area contributed by atoms with Crippen LogP contribution in [0, 0.1) is 29.6 Å². The molecule has 0 bridgehead atoms. The molecule has 0 aliphatic carbocycles. The topological polar surface area (TPSA) is 629 Å². The molecule has 39 heteroatoms. The van der Waals surface area contributed by atoms with Crippen LogP contribution in [0.1, 0.15) is 139 Å². The number of carbonyl (C=O) groups is 17. The van der Waals surface area contributed by atoms with Crippen LogP contribution in [-0.4, -0.2) is 248 Å². The zero-order valence-corrected chi connectivity index (χ0v) is 65.6. The second kappa shape index (κ2) is 47.4. The molecule has 1 heterocycles. The maximum atomic E-state index is 14.4. The van der Waals surface area contributed by atoms with E-state index < -0.39 is 242 Å². The Balaban J connectivity index is 1.77. The van der Waals surface area contributed by atoms with Gasteiger partial charge in [-0.3, -0.25) is 76.7 Å². The summed E-state index contributed by atoms with van der Waals surface area (Å²) in [4.78, 5) is 230. The van der Waals surface area contributed by atoms with Crippen LogP contribution in [0.3, 0.4) is 0 Å². The number of hydrogen-bond acceptors (Lipinski definition) is 22. The van der Waals surface area contributed by atoms with Gasteiger partial charge in [0.1, 0.15) is 78.3 Å². The van der Waals surface area contributed by atoms with Crippen LogP contribution < -0.4 is 86.3 Å². The predicted molar refractivity (Wildman–Crippen MR) is 406 cm³/mol. The molecule has 24 N–H and O–H groups in total. The molecule has 39 nitrogen and oxygen atoms in total. The quantitative estimate of drug-likeness (QED) is 0.0293. The number of benzene rings is 2. The molecule has 2 aromatic carbocycles. The van der Waals surface area contributed by atoms with Gasteiger partial charge in [-0.1, -0.05) is 112 Å². The van der Waals surface area contributed by atoms with Gasteiger partial charge in [0.15, 0.2) is 0 Å². The van der Waals surface area contributed by atoms with E-state index in [1.807, 2.05) is 0 Å². The number of carboxylic acids is 1. The lowest BCUT2D eigenvalue weighted by Crippen LogP contribution is -2.63. The Morgan fingerprint density at radius 3 is 1.36 bits per heavy atom. The van der Waals surface area contributed by atoms with Crippen molar-refractivity contribution in [2.24, 2.45) is 46.8 Å². The second-order valence-electron chi connectivity index (χ2n) is 29.7. The van der Waals surface area contributed by atoms with Gasteiger partial charge in [-0.25, -0.2) is 4.79 Å². The maximum absolute atomic E-state index is 14.4. The van der Waals surface area contributed by atoms with Gasteiger partial charge in [-0.05, 0) is 98.3 Å². The summed E-state index contributed by atoms with van der Waals surface area (Å²) in [7, 11) is 0. The molecule has 2 aromatic rings. The van der Waals surface area contributed by atoms with Crippen LogP contribution in [0.15, 0.2) is 54.6 Å². The van der Waals surface area contributed by atoms with Crippen LogP contribution in [0.25, 0.3) is 0 Å². The summed E-state index contributed by atoms with van der Waals surface area (Å²) in [6.07, 6.45) is -3.00. The number of aliphatic carboxylic acids is 1. The largest absolute Gasteiger partial charge is 0.508 e. The number of aromatic hydroxyl groups is 1. The van der Waals surface area contributed by atoms with Crippen LogP contribution in [-0.2, 0) is 94.3 Å². The number of carbonyl (C=O) groups excluding carboxylic acids is 16. The monoisotopic (exact) mass is 1590 g/mol. The van der Waals surface area contributed by atoms with E-state index in [0.29, 0.717) is 11.1 Å². The molecule has 1 aliphatic heterocycles. The number of carboxylic acid groups (broad SMARTS) is 1. The number of phenols is 1. The number of aliphatic hydroxyl groups is 3. The number of nitrogens with one attached hydrogen (secondary N) is 13. The third-order valence-electron chi connectivity index (χ3n) is 18.1. The first kappa shape index (κ1) is 96.3. The Morgan fingerprint density at radius 1 is 0.442 bits per heavy atom. The first-order chi connectivity index (χ1) is 53.0. The van der Waals surface area contributed by atoms with Crippen molar-refractivity contribution in [3.63, 3.8) is 0 Å². The molecule has 0 unspecified atom stereocenters. The predicted octanol–water partition coefficient (Wildman–Crippen LogP) is -5.90. The van der Waals surface area contributed by atoms with Gasteiger partial charge < -0.3 is 117 Å². The van der Waals surface area contributed by atoms with E-state index in [-0.39, 0.29) is 75.5 Å². The lowest BCUT2D eigenvalue weighted by Gasteiger charge is -2.31. The minimum absolute atomic E-state index is 0.000677. The van der Waals surface area contributed by atoms with Crippen molar-refractivity contribution < 1.29 is 107 Å². The number of nitrogens with two attached hydrogens (primary N) is 3. The first-order valence-electron chi connectivity index (χ1n) is 37.4. The standard InChI is InChI=1S/C74H115N17O22/c1-36(2)28-47(65(103)89-60(40(9)10)74(112)113)83-64(102)48(30-42-16-13-12-14-17-42)80-56(98)33-79-70(108)58(38(5)6)88-72(110)61(41(11)94)90-71(109)59(39(7)8)87-66(104)49(31-43-19-21-44(95)22-20-43)84-67(105)51(34-92)81-57(99)32-78-63(101)46(24-26-55(77)97)82-69(107)53-18-15-27-91(53)73(111)50(29-37(3)4)85-68(106)52(35-93)86-62(100)45(75)23-25-54(76)96/h12-14,16-17,19-22,36-41,45-53,58-61,92-95H,15,18,23-35,75H2,1-11H3,(H2,76,96)(H2,77,97)(H,78,101)(H,79,108)(H,80,98)(H,81,99)(H,82,107)(H,83,102)(H,84,105)(H,85,106)(H,86,100)(H,87,104)(H,88,110)(H,89,103)(H,90,109)(H,112,113)/t41-,45+,46+,47+,48+,49+,50+,51+,52+,53+,58+,59+,60+,61+/m1/s1. The highest BCUT2D eigenvalue weighted by molar-refractivity contribution is 6.00. The van der Waals surface area contributed by atoms with E-state index in [4.69, 9.17) is 17.2 Å². The molecule has 0 saturated carbocycles. The Morgan fingerprint density at radius 2 is 0.850 bits per heavy atom. The third kappa shape index (κ3) is 33.1. The van der Waals surface area contributed by atoms with Crippen molar-refractivity contribution in [3.05, 3.63) is 65.7 Å². The van der Waals surface area contributed by atoms with Crippen molar-refractivity contribution in [2.45, 2.75) is 225 Å². The fourth-order valence-corrected chi connectivity index (χ4v) is 11.8. The van der Waals surface area contributed by atoms with Gasteiger partial charge in [0, 0.05) is 32.2 Å². The Kier molecular flexibility index (Phi) is 40.4. The summed E-state index contributed by atoms with van der Waals surface area (Å²) < 4.78 is 0. The molecular weight excluding hydrogens is 1480 g/mol. The van der Waals surface area contributed by atoms with Gasteiger partial charge in [-0.2, -0.15) is 0 Å². The van der Waals surface area contributed by atoms with Gasteiger partial charge in [-0.15, -0.1) is 0 Å². The fourth-order valence-electron chi connectivity index (χ4n) is 11.8.